The number of nitrogens with one attached hydrogen (secondary N) is 1. The molecule has 0 heterocycles. The Hall–Kier alpha value is -1.92. The first-order valence-electron chi connectivity index (χ1n) is 6.35. The number of nitrogens with two attached hydrogens (primary N) is 1. The van der Waals surface area contributed by atoms with Gasteiger partial charge in [0.25, 0.3) is 0 Å². The number of amides is 1. The number of carbonyl (C=O) groups is 2. The van der Waals surface area contributed by atoms with Crippen molar-refractivity contribution in [2.24, 2.45) is 5.73 Å². The van der Waals surface area contributed by atoms with Crippen molar-refractivity contribution in [3.05, 3.63) is 35.4 Å². The summed E-state index contributed by atoms with van der Waals surface area (Å²) in [5, 5.41) is 2.60. The van der Waals surface area contributed by atoms with E-state index in [0.717, 1.165) is 11.1 Å². The lowest BCUT2D eigenvalue weighted by molar-refractivity contribution is -0.148. The lowest BCUT2D eigenvalue weighted by Crippen LogP contribution is -2.46. The summed E-state index contributed by atoms with van der Waals surface area (Å²) in [5.74, 6) is -1.28. The molecular formula is C14H20N2O4. The van der Waals surface area contributed by atoms with Crippen LogP contribution in [0.5, 0.6) is 0 Å². The highest BCUT2D eigenvalue weighted by molar-refractivity contribution is 6.01. The Morgan fingerprint density at radius 2 is 2.05 bits per heavy atom. The molecule has 110 valence electrons. The average molecular weight is 280 g/mol. The minimum atomic E-state index is -1.29. The van der Waals surface area contributed by atoms with Crippen LogP contribution in [0.1, 0.15) is 18.1 Å². The van der Waals surface area contributed by atoms with Crippen molar-refractivity contribution < 1.29 is 19.1 Å². The number of benzene rings is 1. The van der Waals surface area contributed by atoms with Gasteiger partial charge in [0, 0.05) is 13.7 Å². The van der Waals surface area contributed by atoms with E-state index in [1.807, 2.05) is 24.3 Å². The van der Waals surface area contributed by atoms with Crippen LogP contribution in [0.2, 0.25) is 0 Å². The second-order valence-corrected chi connectivity index (χ2v) is 4.20. The SMILES string of the molecule is CCOC(=O)C(N)C(=O)NCc1cccc(COC)c1. The summed E-state index contributed by atoms with van der Waals surface area (Å²) < 4.78 is 9.72. The predicted octanol–water partition coefficient (Wildman–Crippen LogP) is 0.340. The first-order chi connectivity index (χ1) is 9.58. The molecule has 3 N–H and O–H groups in total. The van der Waals surface area contributed by atoms with E-state index in [0.29, 0.717) is 13.2 Å². The summed E-state index contributed by atoms with van der Waals surface area (Å²) >= 11 is 0. The first-order valence-corrected chi connectivity index (χ1v) is 6.35. The van der Waals surface area contributed by atoms with Crippen molar-refractivity contribution >= 4 is 11.9 Å². The number of methoxy groups -OCH3 is 1. The molecule has 0 bridgehead atoms. The van der Waals surface area contributed by atoms with E-state index in [4.69, 9.17) is 10.5 Å². The normalized spacial score (nSPS) is 11.8. The van der Waals surface area contributed by atoms with Gasteiger partial charge in [-0.1, -0.05) is 24.3 Å². The Bertz CT molecular complexity index is 462. The number of esters is 1. The molecule has 0 spiro atoms. The zero-order chi connectivity index (χ0) is 15.0. The molecule has 1 rings (SSSR count). The van der Waals surface area contributed by atoms with Crippen molar-refractivity contribution in [1.82, 2.24) is 5.32 Å². The van der Waals surface area contributed by atoms with Gasteiger partial charge in [-0.05, 0) is 18.1 Å². The smallest absolute Gasteiger partial charge is 0.332 e. The Labute approximate surface area is 118 Å². The molecule has 0 saturated carbocycles. The third kappa shape index (κ3) is 4.99. The third-order valence-corrected chi connectivity index (χ3v) is 2.59. The average Bonchev–Trinajstić information content (AvgIpc) is 2.45. The van der Waals surface area contributed by atoms with E-state index >= 15 is 0 Å². The highest BCUT2D eigenvalue weighted by Crippen LogP contribution is 2.06. The van der Waals surface area contributed by atoms with Gasteiger partial charge in [0.05, 0.1) is 13.2 Å². The maximum absolute atomic E-state index is 11.7. The summed E-state index contributed by atoms with van der Waals surface area (Å²) in [6.45, 7) is 2.65. The van der Waals surface area contributed by atoms with Gasteiger partial charge in [0.2, 0.25) is 5.91 Å². The molecule has 1 amide bonds. The van der Waals surface area contributed by atoms with E-state index in [2.05, 4.69) is 10.1 Å². The highest BCUT2D eigenvalue weighted by Gasteiger charge is 2.22. The summed E-state index contributed by atoms with van der Waals surface area (Å²) in [6, 6.07) is 6.30. The van der Waals surface area contributed by atoms with E-state index in [1.54, 1.807) is 14.0 Å². The van der Waals surface area contributed by atoms with E-state index < -0.39 is 17.9 Å². The highest BCUT2D eigenvalue weighted by atomic mass is 16.5. The minimum Gasteiger partial charge on any atom is -0.464 e. The molecule has 0 radical (unpaired) electrons. The van der Waals surface area contributed by atoms with Crippen LogP contribution in [0.4, 0.5) is 0 Å². The van der Waals surface area contributed by atoms with Gasteiger partial charge < -0.3 is 20.5 Å². The Balaban J connectivity index is 2.52. The monoisotopic (exact) mass is 280 g/mol. The molecule has 1 aromatic rings. The fraction of sp³-hybridized carbons (Fsp3) is 0.429. The van der Waals surface area contributed by atoms with Gasteiger partial charge in [-0.2, -0.15) is 0 Å². The molecule has 0 aliphatic heterocycles. The van der Waals surface area contributed by atoms with Crippen LogP contribution < -0.4 is 11.1 Å². The summed E-state index contributed by atoms with van der Waals surface area (Å²) in [6.07, 6.45) is 0. The minimum absolute atomic E-state index is 0.193. The van der Waals surface area contributed by atoms with Crippen molar-refractivity contribution in [1.29, 1.82) is 0 Å². The van der Waals surface area contributed by atoms with Crippen LogP contribution in [0.3, 0.4) is 0 Å². The second-order valence-electron chi connectivity index (χ2n) is 4.20. The van der Waals surface area contributed by atoms with Crippen molar-refractivity contribution in [3.63, 3.8) is 0 Å². The summed E-state index contributed by atoms with van der Waals surface area (Å²) in [7, 11) is 1.62. The first kappa shape index (κ1) is 16.1. The van der Waals surface area contributed by atoms with Gasteiger partial charge in [0.1, 0.15) is 0 Å². The summed E-state index contributed by atoms with van der Waals surface area (Å²) in [4.78, 5) is 23.0. The summed E-state index contributed by atoms with van der Waals surface area (Å²) in [5.41, 5.74) is 7.40. The molecule has 0 aliphatic rings. The zero-order valence-electron chi connectivity index (χ0n) is 11.7. The molecule has 0 fully saturated rings. The van der Waals surface area contributed by atoms with E-state index in [9.17, 15) is 9.59 Å². The molecule has 6 nitrogen and oxygen atoms in total. The molecule has 0 aromatic heterocycles. The van der Waals surface area contributed by atoms with Crippen molar-refractivity contribution in [2.75, 3.05) is 13.7 Å². The molecule has 0 saturated heterocycles. The number of ether oxygens (including phenoxy) is 2. The lowest BCUT2D eigenvalue weighted by Gasteiger charge is -2.11. The number of rotatable bonds is 7. The van der Waals surface area contributed by atoms with Gasteiger partial charge in [-0.15, -0.1) is 0 Å². The molecular weight excluding hydrogens is 260 g/mol. The topological polar surface area (TPSA) is 90.7 Å². The largest absolute Gasteiger partial charge is 0.464 e. The molecule has 6 heteroatoms. The molecule has 0 aliphatic carbocycles. The van der Waals surface area contributed by atoms with E-state index in [1.165, 1.54) is 0 Å². The lowest BCUT2D eigenvalue weighted by atomic mass is 10.1. The molecule has 1 aromatic carbocycles. The molecule has 1 unspecified atom stereocenters. The molecule has 20 heavy (non-hydrogen) atoms. The van der Waals surface area contributed by atoms with Crippen LogP contribution in [-0.2, 0) is 32.2 Å². The van der Waals surface area contributed by atoms with Gasteiger partial charge in [-0.25, -0.2) is 4.79 Å². The Morgan fingerprint density at radius 3 is 2.70 bits per heavy atom. The standard InChI is InChI=1S/C14H20N2O4/c1-3-20-14(18)12(15)13(17)16-8-10-5-4-6-11(7-10)9-19-2/h4-7,12H,3,8-9,15H2,1-2H3,(H,16,17). The van der Waals surface area contributed by atoms with Gasteiger partial charge in [0.15, 0.2) is 6.04 Å². The Morgan fingerprint density at radius 1 is 1.35 bits per heavy atom. The van der Waals surface area contributed by atoms with Crippen LogP contribution in [0.25, 0.3) is 0 Å². The van der Waals surface area contributed by atoms with Gasteiger partial charge >= 0.3 is 5.97 Å². The maximum Gasteiger partial charge on any atom is 0.332 e. The van der Waals surface area contributed by atoms with Crippen molar-refractivity contribution in [2.45, 2.75) is 26.1 Å². The van der Waals surface area contributed by atoms with Gasteiger partial charge in [-0.3, -0.25) is 4.79 Å². The Kier molecular flexibility index (Phi) is 6.69. The number of hydrogen-bond donors (Lipinski definition) is 2. The third-order valence-electron chi connectivity index (χ3n) is 2.59. The maximum atomic E-state index is 11.7. The van der Waals surface area contributed by atoms with Crippen LogP contribution >= 0.6 is 0 Å². The fourth-order valence-corrected chi connectivity index (χ4v) is 1.63. The quantitative estimate of drug-likeness (QED) is 0.555. The second kappa shape index (κ2) is 8.29. The number of hydrogen-bond acceptors (Lipinski definition) is 5. The zero-order valence-corrected chi connectivity index (χ0v) is 11.7. The van der Waals surface area contributed by atoms with Crippen LogP contribution in [0.15, 0.2) is 24.3 Å². The van der Waals surface area contributed by atoms with E-state index in [-0.39, 0.29) is 6.61 Å². The van der Waals surface area contributed by atoms with Crippen LogP contribution in [0, 0.1) is 0 Å². The van der Waals surface area contributed by atoms with Crippen molar-refractivity contribution in [3.8, 4) is 0 Å². The van der Waals surface area contributed by atoms with Crippen LogP contribution in [-0.4, -0.2) is 31.6 Å². The predicted molar refractivity (Wildman–Crippen MR) is 73.6 cm³/mol. The number of carbonyl (C=O) groups excluding carboxylic acids is 2. The molecule has 1 atom stereocenters. The fourth-order valence-electron chi connectivity index (χ4n) is 1.63.